The smallest absolute Gasteiger partial charge is 0.346 e. The number of benzene rings is 2. The van der Waals surface area contributed by atoms with Crippen LogP contribution in [0.1, 0.15) is 55.6 Å². The van der Waals surface area contributed by atoms with Gasteiger partial charge in [0.2, 0.25) is 0 Å². The van der Waals surface area contributed by atoms with Crippen molar-refractivity contribution in [3.05, 3.63) is 81.2 Å². The van der Waals surface area contributed by atoms with Gasteiger partial charge in [-0.25, -0.2) is 9.18 Å². The fourth-order valence-electron chi connectivity index (χ4n) is 3.50. The number of rotatable bonds is 10. The number of aryl methyl sites for hydroxylation is 3. The summed E-state index contributed by atoms with van der Waals surface area (Å²) in [5.74, 6) is 0.180. The molecule has 0 bridgehead atoms. The van der Waals surface area contributed by atoms with Crippen molar-refractivity contribution in [2.45, 2.75) is 59.0 Å². The molecule has 1 heterocycles. The molecule has 0 amide bonds. The minimum absolute atomic E-state index is 0.0637. The summed E-state index contributed by atoms with van der Waals surface area (Å²) in [6, 6.07) is 13.6. The van der Waals surface area contributed by atoms with Crippen molar-refractivity contribution in [3.63, 3.8) is 0 Å². The number of halogens is 1. The van der Waals surface area contributed by atoms with E-state index < -0.39 is 11.4 Å². The average molecular weight is 397 g/mol. The highest BCUT2D eigenvalue weighted by atomic mass is 19.1. The predicted molar refractivity (Wildman–Crippen MR) is 115 cm³/mol. The van der Waals surface area contributed by atoms with E-state index in [0.717, 1.165) is 30.4 Å². The van der Waals surface area contributed by atoms with Crippen LogP contribution < -0.4 is 5.63 Å². The fraction of sp³-hybridized carbons (Fsp3) is 0.400. The number of hydrogen-bond donors (Lipinski definition) is 0. The van der Waals surface area contributed by atoms with Crippen molar-refractivity contribution in [3.8, 4) is 0 Å². The molecule has 0 unspecified atom stereocenters. The molecule has 0 fully saturated rings. The van der Waals surface area contributed by atoms with Crippen LogP contribution in [0.5, 0.6) is 0 Å². The second-order valence-corrected chi connectivity index (χ2v) is 7.41. The Morgan fingerprint density at radius 2 is 1.69 bits per heavy atom. The first-order chi connectivity index (χ1) is 14.1. The van der Waals surface area contributed by atoms with Gasteiger partial charge in [0.15, 0.2) is 0 Å². The van der Waals surface area contributed by atoms with Crippen LogP contribution in [0.2, 0.25) is 0 Å². The fourth-order valence-corrected chi connectivity index (χ4v) is 3.50. The maximum atomic E-state index is 15.0. The molecule has 3 rings (SSSR count). The number of hydrogen-bond acceptors (Lipinski definition) is 3. The molecule has 0 saturated heterocycles. The monoisotopic (exact) mass is 396 g/mol. The third-order valence-electron chi connectivity index (χ3n) is 5.20. The summed E-state index contributed by atoms with van der Waals surface area (Å²) in [5.41, 5.74) is 2.22. The van der Waals surface area contributed by atoms with Gasteiger partial charge in [-0.1, -0.05) is 56.2 Å². The normalized spacial score (nSPS) is 11.3. The summed E-state index contributed by atoms with van der Waals surface area (Å²) in [5, 5.41) is 0.683. The Kier molecular flexibility index (Phi) is 7.59. The van der Waals surface area contributed by atoms with E-state index in [9.17, 15) is 9.18 Å². The van der Waals surface area contributed by atoms with Crippen LogP contribution in [0.3, 0.4) is 0 Å². The molecule has 0 radical (unpaired) electrons. The molecule has 154 valence electrons. The molecule has 3 nitrogen and oxygen atoms in total. The SMILES string of the molecule is CCCCCc1cc2ccc(CCc3ccc(COCC)cc3)c(F)c2c(=O)o1. The van der Waals surface area contributed by atoms with E-state index >= 15 is 0 Å². The Hall–Kier alpha value is -2.46. The first-order valence-electron chi connectivity index (χ1n) is 10.5. The van der Waals surface area contributed by atoms with E-state index in [4.69, 9.17) is 9.15 Å². The molecule has 29 heavy (non-hydrogen) atoms. The molecule has 0 aliphatic carbocycles. The number of fused-ring (bicyclic) bond motifs is 1. The maximum Gasteiger partial charge on any atom is 0.346 e. The third kappa shape index (κ3) is 5.54. The van der Waals surface area contributed by atoms with E-state index in [2.05, 4.69) is 6.92 Å². The third-order valence-corrected chi connectivity index (χ3v) is 5.20. The largest absolute Gasteiger partial charge is 0.427 e. The lowest BCUT2D eigenvalue weighted by molar-refractivity contribution is 0.134. The summed E-state index contributed by atoms with van der Waals surface area (Å²) in [6.45, 7) is 5.40. The average Bonchev–Trinajstić information content (AvgIpc) is 2.72. The first kappa shape index (κ1) is 21.3. The zero-order chi connectivity index (χ0) is 20.6. The zero-order valence-electron chi connectivity index (χ0n) is 17.3. The molecular formula is C25H29FO3. The Bertz CT molecular complexity index is 989. The van der Waals surface area contributed by atoms with Crippen molar-refractivity contribution in [2.24, 2.45) is 0 Å². The molecule has 4 heteroatoms. The van der Waals surface area contributed by atoms with Crippen LogP contribution in [0, 0.1) is 5.82 Å². The minimum Gasteiger partial charge on any atom is -0.427 e. The van der Waals surface area contributed by atoms with Gasteiger partial charge in [-0.3, -0.25) is 0 Å². The number of ether oxygens (including phenoxy) is 1. The molecular weight excluding hydrogens is 367 g/mol. The molecule has 0 atom stereocenters. The van der Waals surface area contributed by atoms with E-state index in [-0.39, 0.29) is 5.39 Å². The number of unbranched alkanes of at least 4 members (excludes halogenated alkanes) is 2. The van der Waals surface area contributed by atoms with E-state index in [1.54, 1.807) is 12.1 Å². The van der Waals surface area contributed by atoms with Crippen molar-refractivity contribution < 1.29 is 13.5 Å². The zero-order valence-corrected chi connectivity index (χ0v) is 17.3. The lowest BCUT2D eigenvalue weighted by atomic mass is 10.00. The van der Waals surface area contributed by atoms with Gasteiger partial charge in [0.1, 0.15) is 17.0 Å². The van der Waals surface area contributed by atoms with E-state index in [0.29, 0.717) is 49.2 Å². The molecule has 0 spiro atoms. The van der Waals surface area contributed by atoms with Gasteiger partial charge < -0.3 is 9.15 Å². The van der Waals surface area contributed by atoms with Crippen LogP contribution in [0.25, 0.3) is 10.8 Å². The van der Waals surface area contributed by atoms with E-state index in [1.165, 1.54) is 0 Å². The molecule has 0 aliphatic rings. The Morgan fingerprint density at radius 3 is 2.41 bits per heavy atom. The lowest BCUT2D eigenvalue weighted by Gasteiger charge is -2.08. The lowest BCUT2D eigenvalue weighted by Crippen LogP contribution is -2.07. The molecule has 2 aromatic carbocycles. The second kappa shape index (κ2) is 10.4. The highest BCUT2D eigenvalue weighted by molar-refractivity contribution is 5.82. The van der Waals surface area contributed by atoms with Crippen molar-refractivity contribution in [1.82, 2.24) is 0 Å². The van der Waals surface area contributed by atoms with Crippen LogP contribution >= 0.6 is 0 Å². The van der Waals surface area contributed by atoms with Crippen LogP contribution in [0.4, 0.5) is 4.39 Å². The Labute approximate surface area is 171 Å². The Balaban J connectivity index is 1.73. The van der Waals surface area contributed by atoms with Gasteiger partial charge in [-0.05, 0) is 54.3 Å². The van der Waals surface area contributed by atoms with Crippen LogP contribution in [0.15, 0.2) is 51.7 Å². The standard InChI is InChI=1S/C25H29FO3/c1-3-5-6-7-22-16-21-15-14-20(24(26)23(21)25(27)29-22)13-12-18-8-10-19(11-9-18)17-28-4-2/h8-11,14-16H,3-7,12-13,17H2,1-2H3. The van der Waals surface area contributed by atoms with Crippen LogP contribution in [-0.4, -0.2) is 6.61 Å². The van der Waals surface area contributed by atoms with Gasteiger partial charge in [0.25, 0.3) is 0 Å². The Morgan fingerprint density at radius 1 is 0.931 bits per heavy atom. The molecule has 0 saturated carbocycles. The van der Waals surface area contributed by atoms with Crippen molar-refractivity contribution in [2.75, 3.05) is 6.61 Å². The highest BCUT2D eigenvalue weighted by Gasteiger charge is 2.13. The van der Waals surface area contributed by atoms with Gasteiger partial charge in [0.05, 0.1) is 6.61 Å². The van der Waals surface area contributed by atoms with Crippen molar-refractivity contribution >= 4 is 10.8 Å². The molecule has 0 N–H and O–H groups in total. The minimum atomic E-state index is -0.575. The van der Waals surface area contributed by atoms with Gasteiger partial charge in [0, 0.05) is 13.0 Å². The molecule has 0 aliphatic heterocycles. The summed E-state index contributed by atoms with van der Waals surface area (Å²) in [6.07, 6.45) is 5.10. The van der Waals surface area contributed by atoms with E-state index in [1.807, 2.05) is 37.3 Å². The summed E-state index contributed by atoms with van der Waals surface area (Å²) < 4.78 is 25.8. The maximum absolute atomic E-state index is 15.0. The quantitative estimate of drug-likeness (QED) is 0.395. The summed E-state index contributed by atoms with van der Waals surface area (Å²) >= 11 is 0. The van der Waals surface area contributed by atoms with Gasteiger partial charge >= 0.3 is 5.63 Å². The van der Waals surface area contributed by atoms with Crippen LogP contribution in [-0.2, 0) is 30.6 Å². The topological polar surface area (TPSA) is 39.4 Å². The highest BCUT2D eigenvalue weighted by Crippen LogP contribution is 2.22. The van der Waals surface area contributed by atoms with Gasteiger partial charge in [-0.15, -0.1) is 0 Å². The van der Waals surface area contributed by atoms with Crippen molar-refractivity contribution in [1.29, 1.82) is 0 Å². The molecule has 1 aromatic heterocycles. The second-order valence-electron chi connectivity index (χ2n) is 7.41. The summed E-state index contributed by atoms with van der Waals surface area (Å²) in [4.78, 5) is 12.4. The summed E-state index contributed by atoms with van der Waals surface area (Å²) in [7, 11) is 0. The first-order valence-corrected chi connectivity index (χ1v) is 10.5. The van der Waals surface area contributed by atoms with Gasteiger partial charge in [-0.2, -0.15) is 0 Å². The predicted octanol–water partition coefficient (Wildman–Crippen LogP) is 5.99. The molecule has 3 aromatic rings.